The average molecular weight is 203 g/mol. The minimum Gasteiger partial charge on any atom is -0.316 e. The molecule has 1 N–H and O–H groups in total. The molecule has 1 atom stereocenters. The largest absolute Gasteiger partial charge is 0.316 e. The van der Waals surface area contributed by atoms with Gasteiger partial charge in [0.25, 0.3) is 0 Å². The van der Waals surface area contributed by atoms with Gasteiger partial charge in [-0.15, -0.1) is 0 Å². The summed E-state index contributed by atoms with van der Waals surface area (Å²) in [4.78, 5) is 0. The molecule has 0 bridgehead atoms. The second kappa shape index (κ2) is 4.80. The van der Waals surface area contributed by atoms with E-state index in [1.54, 1.807) is 5.56 Å². The third-order valence-corrected chi connectivity index (χ3v) is 3.49. The van der Waals surface area contributed by atoms with Gasteiger partial charge in [0.2, 0.25) is 0 Å². The van der Waals surface area contributed by atoms with E-state index >= 15 is 0 Å². The molecule has 1 heteroatoms. The van der Waals surface area contributed by atoms with Crippen LogP contribution < -0.4 is 5.32 Å². The van der Waals surface area contributed by atoms with E-state index in [9.17, 15) is 0 Å². The van der Waals surface area contributed by atoms with Crippen LogP contribution in [0.3, 0.4) is 0 Å². The molecular weight excluding hydrogens is 182 g/mol. The first-order valence-corrected chi connectivity index (χ1v) is 6.11. The summed E-state index contributed by atoms with van der Waals surface area (Å²) in [7, 11) is 0. The fraction of sp³-hybridized carbons (Fsp3) is 0.571. The van der Waals surface area contributed by atoms with Crippen molar-refractivity contribution < 1.29 is 0 Å². The molecule has 1 heterocycles. The van der Waals surface area contributed by atoms with E-state index in [1.807, 2.05) is 0 Å². The summed E-state index contributed by atoms with van der Waals surface area (Å²) in [6, 6.07) is 6.95. The van der Waals surface area contributed by atoms with Crippen molar-refractivity contribution in [3.63, 3.8) is 0 Å². The zero-order valence-electron chi connectivity index (χ0n) is 9.84. The van der Waals surface area contributed by atoms with E-state index in [0.717, 1.165) is 18.9 Å². The molecule has 1 unspecified atom stereocenters. The highest BCUT2D eigenvalue weighted by molar-refractivity contribution is 5.34. The summed E-state index contributed by atoms with van der Waals surface area (Å²) >= 11 is 0. The van der Waals surface area contributed by atoms with Crippen LogP contribution in [-0.2, 0) is 6.42 Å². The Morgan fingerprint density at radius 1 is 1.40 bits per heavy atom. The lowest BCUT2D eigenvalue weighted by molar-refractivity contribution is 0.460. The fourth-order valence-corrected chi connectivity index (χ4v) is 2.47. The number of benzene rings is 1. The highest BCUT2D eigenvalue weighted by Crippen LogP contribution is 2.26. The Morgan fingerprint density at radius 2 is 2.27 bits per heavy atom. The summed E-state index contributed by atoms with van der Waals surface area (Å²) < 4.78 is 0. The first kappa shape index (κ1) is 10.7. The minimum absolute atomic E-state index is 0.741. The standard InChI is InChI=1S/C14H21N/c1-3-12-7-6-11(2)14(9-12)13-5-4-8-15-10-13/h6-7,9,13,15H,3-5,8,10H2,1-2H3. The summed E-state index contributed by atoms with van der Waals surface area (Å²) in [6.45, 7) is 6.83. The van der Waals surface area contributed by atoms with Crippen molar-refractivity contribution in [3.05, 3.63) is 34.9 Å². The normalized spacial score (nSPS) is 21.6. The Kier molecular flexibility index (Phi) is 3.42. The molecule has 1 saturated heterocycles. The smallest absolute Gasteiger partial charge is 0.00202 e. The van der Waals surface area contributed by atoms with Gasteiger partial charge in [0.1, 0.15) is 0 Å². The molecular formula is C14H21N. The van der Waals surface area contributed by atoms with Crippen molar-refractivity contribution in [2.45, 2.75) is 39.0 Å². The van der Waals surface area contributed by atoms with Crippen LogP contribution in [0.1, 0.15) is 42.4 Å². The average Bonchev–Trinajstić information content (AvgIpc) is 2.31. The second-order valence-electron chi connectivity index (χ2n) is 4.59. The van der Waals surface area contributed by atoms with Gasteiger partial charge in [-0.2, -0.15) is 0 Å². The Bertz CT molecular complexity index is 324. The van der Waals surface area contributed by atoms with Gasteiger partial charge < -0.3 is 5.32 Å². The lowest BCUT2D eigenvalue weighted by atomic mass is 9.87. The molecule has 0 spiro atoms. The highest BCUT2D eigenvalue weighted by Gasteiger charge is 2.16. The van der Waals surface area contributed by atoms with Crippen LogP contribution in [0.5, 0.6) is 0 Å². The topological polar surface area (TPSA) is 12.0 Å². The predicted octanol–water partition coefficient (Wildman–Crippen LogP) is 3.02. The van der Waals surface area contributed by atoms with Gasteiger partial charge in [-0.3, -0.25) is 0 Å². The van der Waals surface area contributed by atoms with Gasteiger partial charge in [0.15, 0.2) is 0 Å². The van der Waals surface area contributed by atoms with Gasteiger partial charge in [-0.1, -0.05) is 25.1 Å². The molecule has 0 aromatic heterocycles. The first-order valence-electron chi connectivity index (χ1n) is 6.11. The Morgan fingerprint density at radius 3 is 2.93 bits per heavy atom. The molecule has 2 rings (SSSR count). The molecule has 1 aromatic rings. The van der Waals surface area contributed by atoms with E-state index in [-0.39, 0.29) is 0 Å². The molecule has 1 aliphatic rings. The van der Waals surface area contributed by atoms with Gasteiger partial charge in [-0.25, -0.2) is 0 Å². The van der Waals surface area contributed by atoms with E-state index in [0.29, 0.717) is 0 Å². The lowest BCUT2D eigenvalue weighted by Crippen LogP contribution is -2.28. The third kappa shape index (κ3) is 2.40. The van der Waals surface area contributed by atoms with Crippen LogP contribution in [0, 0.1) is 6.92 Å². The van der Waals surface area contributed by atoms with Gasteiger partial charge >= 0.3 is 0 Å². The van der Waals surface area contributed by atoms with Crippen LogP contribution in [0.2, 0.25) is 0 Å². The van der Waals surface area contributed by atoms with Crippen molar-refractivity contribution in [1.82, 2.24) is 5.32 Å². The third-order valence-electron chi connectivity index (χ3n) is 3.49. The van der Waals surface area contributed by atoms with Gasteiger partial charge in [0, 0.05) is 6.54 Å². The number of rotatable bonds is 2. The minimum atomic E-state index is 0.741. The van der Waals surface area contributed by atoms with Crippen molar-refractivity contribution in [3.8, 4) is 0 Å². The maximum atomic E-state index is 3.50. The second-order valence-corrected chi connectivity index (χ2v) is 4.59. The van der Waals surface area contributed by atoms with Gasteiger partial charge in [0.05, 0.1) is 0 Å². The zero-order chi connectivity index (χ0) is 10.7. The summed E-state index contributed by atoms with van der Waals surface area (Å²) in [5.41, 5.74) is 4.50. The Labute approximate surface area is 92.9 Å². The molecule has 0 saturated carbocycles. The zero-order valence-corrected chi connectivity index (χ0v) is 9.84. The Hall–Kier alpha value is -0.820. The van der Waals surface area contributed by atoms with E-state index < -0.39 is 0 Å². The van der Waals surface area contributed by atoms with Crippen LogP contribution in [0.25, 0.3) is 0 Å². The molecule has 82 valence electrons. The first-order chi connectivity index (χ1) is 7.31. The van der Waals surface area contributed by atoms with Crippen molar-refractivity contribution >= 4 is 0 Å². The number of piperidine rings is 1. The molecule has 1 aliphatic heterocycles. The summed E-state index contributed by atoms with van der Waals surface area (Å²) in [6.07, 6.45) is 3.81. The Balaban J connectivity index is 2.24. The number of aryl methyl sites for hydroxylation is 2. The number of hydrogen-bond donors (Lipinski definition) is 1. The number of nitrogens with one attached hydrogen (secondary N) is 1. The molecule has 15 heavy (non-hydrogen) atoms. The van der Waals surface area contributed by atoms with E-state index in [1.165, 1.54) is 30.5 Å². The quantitative estimate of drug-likeness (QED) is 0.779. The van der Waals surface area contributed by atoms with Crippen LogP contribution >= 0.6 is 0 Å². The maximum absolute atomic E-state index is 3.50. The molecule has 0 aliphatic carbocycles. The molecule has 0 amide bonds. The van der Waals surface area contributed by atoms with E-state index in [2.05, 4.69) is 37.4 Å². The molecule has 1 fully saturated rings. The SMILES string of the molecule is CCc1ccc(C)c(C2CCCNC2)c1. The van der Waals surface area contributed by atoms with Crippen LogP contribution in [0.15, 0.2) is 18.2 Å². The molecule has 0 radical (unpaired) electrons. The fourth-order valence-electron chi connectivity index (χ4n) is 2.47. The van der Waals surface area contributed by atoms with E-state index in [4.69, 9.17) is 0 Å². The lowest BCUT2D eigenvalue weighted by Gasteiger charge is -2.25. The van der Waals surface area contributed by atoms with Crippen molar-refractivity contribution in [2.75, 3.05) is 13.1 Å². The predicted molar refractivity (Wildman–Crippen MR) is 65.4 cm³/mol. The maximum Gasteiger partial charge on any atom is 0.00202 e. The van der Waals surface area contributed by atoms with Gasteiger partial charge in [-0.05, 0) is 55.3 Å². The highest BCUT2D eigenvalue weighted by atomic mass is 14.9. The number of hydrogen-bond acceptors (Lipinski definition) is 1. The van der Waals surface area contributed by atoms with Crippen LogP contribution in [-0.4, -0.2) is 13.1 Å². The van der Waals surface area contributed by atoms with Crippen LogP contribution in [0.4, 0.5) is 0 Å². The molecule has 1 nitrogen and oxygen atoms in total. The monoisotopic (exact) mass is 203 g/mol. The molecule has 1 aromatic carbocycles. The summed E-state index contributed by atoms with van der Waals surface area (Å²) in [5.74, 6) is 0.741. The van der Waals surface area contributed by atoms with Crippen molar-refractivity contribution in [2.24, 2.45) is 0 Å². The van der Waals surface area contributed by atoms with Crippen molar-refractivity contribution in [1.29, 1.82) is 0 Å². The summed E-state index contributed by atoms with van der Waals surface area (Å²) in [5, 5.41) is 3.50.